The molecule has 1 aliphatic heterocycles. The summed E-state index contributed by atoms with van der Waals surface area (Å²) in [5.74, 6) is 1.63. The maximum absolute atomic E-state index is 12.4. The van der Waals surface area contributed by atoms with E-state index in [-0.39, 0.29) is 23.0 Å². The summed E-state index contributed by atoms with van der Waals surface area (Å²) in [5.41, 5.74) is 1.85. The number of fused-ring (bicyclic) bond motifs is 2. The first-order valence-electron chi connectivity index (χ1n) is 5.84. The van der Waals surface area contributed by atoms with Gasteiger partial charge in [-0.25, -0.2) is 0 Å². The molecule has 0 radical (unpaired) electrons. The van der Waals surface area contributed by atoms with Crippen molar-refractivity contribution in [2.75, 3.05) is 6.79 Å². The van der Waals surface area contributed by atoms with Gasteiger partial charge >= 0.3 is 0 Å². The average molecular weight is 223 g/mol. The van der Waals surface area contributed by atoms with E-state index in [0.29, 0.717) is 5.75 Å². The highest BCUT2D eigenvalue weighted by atomic mass is 16.7. The Morgan fingerprint density at radius 2 is 1.59 bits per heavy atom. The molecular weight excluding hydrogens is 211 g/mol. The number of carbonyl (C=O) groups is 1. The molecule has 3 nitrogen and oxygen atoms in total. The van der Waals surface area contributed by atoms with Gasteiger partial charge in [0, 0.05) is 5.56 Å². The minimum Gasteiger partial charge on any atom is -0.454 e. The van der Waals surface area contributed by atoms with Crippen LogP contribution in [0.2, 0.25) is 5.21 Å². The van der Waals surface area contributed by atoms with Gasteiger partial charge in [-0.2, -0.15) is 0 Å². The molecule has 17 heavy (non-hydrogen) atoms. The summed E-state index contributed by atoms with van der Waals surface area (Å²) in [6.07, 6.45) is 0. The van der Waals surface area contributed by atoms with Gasteiger partial charge in [0.15, 0.2) is 17.3 Å². The molecule has 0 unspecified atom stereocenters. The normalized spacial score (nSPS) is 22.5. The second kappa shape index (κ2) is 2.95. The minimum atomic E-state index is -0.385. The van der Waals surface area contributed by atoms with E-state index in [1.807, 2.05) is 27.8 Å². The van der Waals surface area contributed by atoms with E-state index in [2.05, 4.69) is 15.7 Å². The smallest absolute Gasteiger partial charge is 0.231 e. The number of ether oxygens (including phenoxy) is 2. The first-order valence-corrected chi connectivity index (χ1v) is 5.84. The molecule has 1 aromatic rings. The highest BCUT2D eigenvalue weighted by Crippen LogP contribution is 2.52. The topological polar surface area (TPSA) is 35.5 Å². The van der Waals surface area contributed by atoms with Crippen molar-refractivity contribution in [3.8, 4) is 11.5 Å². The molecule has 0 atom stereocenters. The van der Waals surface area contributed by atoms with Crippen LogP contribution in [0.5, 0.6) is 11.5 Å². The van der Waals surface area contributed by atoms with Crippen LogP contribution in [0.3, 0.4) is 0 Å². The highest BCUT2D eigenvalue weighted by molar-refractivity contribution is 6.65. The average Bonchev–Trinajstić information content (AvgIpc) is 2.76. The number of ketones is 1. The van der Waals surface area contributed by atoms with Crippen molar-refractivity contribution in [3.05, 3.63) is 23.3 Å². The number of Topliss-reactive ketones (excluding diaryl/α,β-unsaturated/α-hetero) is 1. The van der Waals surface area contributed by atoms with Crippen molar-refractivity contribution >= 4 is 37.2 Å². The Kier molecular flexibility index (Phi) is 1.89. The largest absolute Gasteiger partial charge is 0.454 e. The molecule has 1 heterocycles. The van der Waals surface area contributed by atoms with E-state index in [9.17, 15) is 4.79 Å². The molecule has 82 valence electrons. The molecule has 0 bridgehead atoms. The third-order valence-electron chi connectivity index (χ3n) is 4.56. The van der Waals surface area contributed by atoms with Crippen LogP contribution in [-0.2, 0) is 5.21 Å². The lowest BCUT2D eigenvalue weighted by molar-refractivity contribution is 0.0976. The summed E-state index contributed by atoms with van der Waals surface area (Å²) < 4.78 is 10.7. The van der Waals surface area contributed by atoms with E-state index < -0.39 is 0 Å². The second-order valence-electron chi connectivity index (χ2n) is 5.83. The van der Waals surface area contributed by atoms with Crippen molar-refractivity contribution in [1.82, 2.24) is 0 Å². The van der Waals surface area contributed by atoms with Crippen LogP contribution in [0.1, 0.15) is 15.9 Å². The SMILES string of the molecule is BC1(B)C(=O)c2cc3c(cc2C1(B)B)OCO3. The van der Waals surface area contributed by atoms with Crippen LogP contribution in [0.25, 0.3) is 0 Å². The lowest BCUT2D eigenvalue weighted by Crippen LogP contribution is -2.41. The fraction of sp³-hybridized carbons (Fsp3) is 0.300. The molecule has 1 aliphatic carbocycles. The predicted octanol–water partition coefficient (Wildman–Crippen LogP) is -2.59. The van der Waals surface area contributed by atoms with Gasteiger partial charge in [-0.15, -0.1) is 0 Å². The van der Waals surface area contributed by atoms with Gasteiger partial charge in [-0.3, -0.25) is 4.79 Å². The van der Waals surface area contributed by atoms with Crippen LogP contribution < -0.4 is 9.47 Å². The third kappa shape index (κ3) is 1.15. The van der Waals surface area contributed by atoms with Crippen molar-refractivity contribution in [1.29, 1.82) is 0 Å². The van der Waals surface area contributed by atoms with Crippen LogP contribution in [0.15, 0.2) is 12.1 Å². The molecule has 2 aliphatic rings. The summed E-state index contributed by atoms with van der Waals surface area (Å²) in [5, 5.41) is -0.565. The van der Waals surface area contributed by atoms with Gasteiger partial charge in [0.25, 0.3) is 0 Å². The Balaban J connectivity index is 2.28. The first-order chi connectivity index (χ1) is 7.85. The molecule has 0 saturated heterocycles. The van der Waals surface area contributed by atoms with E-state index in [0.717, 1.165) is 16.9 Å². The molecule has 0 spiro atoms. The predicted molar refractivity (Wildman–Crippen MR) is 75.4 cm³/mol. The number of hydrogen-bond acceptors (Lipinski definition) is 3. The molecule has 0 N–H and O–H groups in total. The zero-order valence-electron chi connectivity index (χ0n) is 10.6. The number of benzene rings is 1. The Morgan fingerprint density at radius 3 is 2.24 bits per heavy atom. The van der Waals surface area contributed by atoms with Crippen LogP contribution in [0, 0.1) is 0 Å². The van der Waals surface area contributed by atoms with Gasteiger partial charge in [0.1, 0.15) is 31.4 Å². The maximum atomic E-state index is 12.4. The number of rotatable bonds is 0. The van der Waals surface area contributed by atoms with Gasteiger partial charge in [0.05, 0.1) is 0 Å². The molecule has 7 heteroatoms. The molecule has 3 rings (SSSR count). The Labute approximate surface area is 104 Å². The van der Waals surface area contributed by atoms with E-state index in [4.69, 9.17) is 9.47 Å². The van der Waals surface area contributed by atoms with Gasteiger partial charge < -0.3 is 9.47 Å². The van der Waals surface area contributed by atoms with Crippen LogP contribution in [0.4, 0.5) is 0 Å². The van der Waals surface area contributed by atoms with Gasteiger partial charge in [-0.05, 0) is 22.9 Å². The number of carbonyl (C=O) groups excluding carboxylic acids is 1. The lowest BCUT2D eigenvalue weighted by atomic mass is 9.30. The number of hydrogen-bond donors (Lipinski definition) is 0. The summed E-state index contributed by atoms with van der Waals surface area (Å²) in [6, 6.07) is 3.79. The third-order valence-corrected chi connectivity index (χ3v) is 4.56. The Morgan fingerprint density at radius 1 is 1.00 bits per heavy atom. The van der Waals surface area contributed by atoms with Crippen molar-refractivity contribution in [3.63, 3.8) is 0 Å². The molecule has 1 aromatic carbocycles. The fourth-order valence-electron chi connectivity index (χ4n) is 2.60. The molecule has 0 saturated carbocycles. The summed E-state index contributed by atoms with van der Waals surface area (Å²) in [7, 11) is 8.22. The Hall–Kier alpha value is -1.25. The molecule has 0 amide bonds. The van der Waals surface area contributed by atoms with E-state index in [1.54, 1.807) is 0 Å². The molecule has 0 aromatic heterocycles. The first kappa shape index (κ1) is 10.9. The molecular formula is C10H12B4O3. The maximum Gasteiger partial charge on any atom is 0.231 e. The fourth-order valence-corrected chi connectivity index (χ4v) is 2.60. The summed E-state index contributed by atoms with van der Waals surface area (Å²) in [4.78, 5) is 12.4. The minimum absolute atomic E-state index is 0.180. The summed E-state index contributed by atoms with van der Waals surface area (Å²) >= 11 is 0. The standard InChI is InChI=1S/C10H12B4O3/c11-9(12)5-2-7-6(16-3-17-7)1-4(5)8(15)10(9,13)14/h1-2H,3,11-14H2. The van der Waals surface area contributed by atoms with Crippen molar-refractivity contribution in [2.45, 2.75) is 10.4 Å². The lowest BCUT2D eigenvalue weighted by Gasteiger charge is -2.34. The summed E-state index contributed by atoms with van der Waals surface area (Å²) in [6.45, 7) is 0.246. The highest BCUT2D eigenvalue weighted by Gasteiger charge is 2.51. The van der Waals surface area contributed by atoms with Crippen LogP contribution >= 0.6 is 0 Å². The van der Waals surface area contributed by atoms with Gasteiger partial charge in [-0.1, -0.05) is 5.21 Å². The van der Waals surface area contributed by atoms with Gasteiger partial charge in [0.2, 0.25) is 6.79 Å². The monoisotopic (exact) mass is 224 g/mol. The zero-order valence-corrected chi connectivity index (χ0v) is 10.6. The van der Waals surface area contributed by atoms with Crippen LogP contribution in [-0.4, -0.2) is 44.0 Å². The second-order valence-corrected chi connectivity index (χ2v) is 5.83. The van der Waals surface area contributed by atoms with E-state index in [1.165, 1.54) is 0 Å². The van der Waals surface area contributed by atoms with E-state index >= 15 is 0 Å². The van der Waals surface area contributed by atoms with Crippen molar-refractivity contribution < 1.29 is 14.3 Å². The Bertz CT molecular complexity index is 539. The van der Waals surface area contributed by atoms with Crippen molar-refractivity contribution in [2.24, 2.45) is 0 Å². The zero-order chi connectivity index (χ0) is 12.4. The molecule has 0 fully saturated rings. The quantitative estimate of drug-likeness (QED) is 0.453.